The first kappa shape index (κ1) is 14.4. The molecule has 1 aliphatic carbocycles. The van der Waals surface area contributed by atoms with E-state index in [0.29, 0.717) is 17.3 Å². The van der Waals surface area contributed by atoms with Gasteiger partial charge in [-0.1, -0.05) is 30.1 Å². The fraction of sp³-hybridized carbons (Fsp3) is 0.333. The van der Waals surface area contributed by atoms with Gasteiger partial charge < -0.3 is 10.3 Å². The maximum atomic E-state index is 10.7. The van der Waals surface area contributed by atoms with Crippen molar-refractivity contribution in [2.45, 2.75) is 31.2 Å². The summed E-state index contributed by atoms with van der Waals surface area (Å²) in [5, 5.41) is 14.7. The summed E-state index contributed by atoms with van der Waals surface area (Å²) in [6.45, 7) is 0. The highest BCUT2D eigenvalue weighted by Gasteiger charge is 2.35. The Morgan fingerprint density at radius 3 is 2.82 bits per heavy atom. The first-order valence-electron chi connectivity index (χ1n) is 7.12. The van der Waals surface area contributed by atoms with Gasteiger partial charge in [0, 0.05) is 18.2 Å². The molecule has 7 nitrogen and oxygen atoms in total. The Morgan fingerprint density at radius 1 is 1.32 bits per heavy atom. The molecule has 0 bridgehead atoms. The quantitative estimate of drug-likeness (QED) is 0.687. The summed E-state index contributed by atoms with van der Waals surface area (Å²) in [6, 6.07) is 6.32. The van der Waals surface area contributed by atoms with Gasteiger partial charge in [-0.2, -0.15) is 4.98 Å². The molecular weight excluding hydrogens is 284 g/mol. The topological polar surface area (TPSA) is 108 Å². The number of hydrogen-bond acceptors (Lipinski definition) is 6. The molecule has 7 heteroatoms. The lowest BCUT2D eigenvalue weighted by molar-refractivity contribution is -0.384. The number of nitrogens with zero attached hydrogens (tertiary/aromatic N) is 3. The lowest BCUT2D eigenvalue weighted by Gasteiger charge is -2.17. The molecule has 1 fully saturated rings. The Balaban J connectivity index is 1.77. The molecule has 1 aliphatic rings. The second kappa shape index (κ2) is 5.69. The van der Waals surface area contributed by atoms with Gasteiger partial charge >= 0.3 is 0 Å². The third-order valence-corrected chi connectivity index (χ3v) is 3.88. The second-order valence-electron chi connectivity index (χ2n) is 5.50. The number of hydrogen-bond donors (Lipinski definition) is 1. The average Bonchev–Trinajstić information content (AvgIpc) is 3.15. The van der Waals surface area contributed by atoms with Crippen molar-refractivity contribution in [2.75, 3.05) is 0 Å². The number of nitrogens with two attached hydrogens (primary N) is 1. The molecule has 0 spiro atoms. The Morgan fingerprint density at radius 2 is 2.09 bits per heavy atom. The van der Waals surface area contributed by atoms with Crippen LogP contribution in [0.3, 0.4) is 0 Å². The number of nitro groups is 1. The van der Waals surface area contributed by atoms with Crippen molar-refractivity contribution in [3.63, 3.8) is 0 Å². The number of aromatic nitrogens is 2. The van der Waals surface area contributed by atoms with Crippen LogP contribution in [0.25, 0.3) is 12.2 Å². The maximum Gasteiger partial charge on any atom is 0.270 e. The highest BCUT2D eigenvalue weighted by atomic mass is 16.6. The van der Waals surface area contributed by atoms with Crippen LogP contribution in [0.4, 0.5) is 5.69 Å². The largest absolute Gasteiger partial charge is 0.335 e. The Bertz CT molecular complexity index is 717. The summed E-state index contributed by atoms with van der Waals surface area (Å²) in [4.78, 5) is 14.6. The van der Waals surface area contributed by atoms with Gasteiger partial charge in [0.2, 0.25) is 0 Å². The summed E-state index contributed by atoms with van der Waals surface area (Å²) >= 11 is 0. The molecule has 0 radical (unpaired) electrons. The van der Waals surface area contributed by atoms with Crippen LogP contribution in [0.15, 0.2) is 28.8 Å². The average molecular weight is 300 g/mol. The lowest BCUT2D eigenvalue weighted by atomic mass is 9.99. The zero-order valence-corrected chi connectivity index (χ0v) is 11.9. The molecule has 0 unspecified atom stereocenters. The van der Waals surface area contributed by atoms with Crippen molar-refractivity contribution in [1.82, 2.24) is 10.1 Å². The van der Waals surface area contributed by atoms with Crippen LogP contribution < -0.4 is 5.73 Å². The molecule has 2 aromatic rings. The molecular formula is C15H16N4O3. The van der Waals surface area contributed by atoms with Crippen LogP contribution in [0.1, 0.15) is 43.0 Å². The van der Waals surface area contributed by atoms with E-state index in [9.17, 15) is 10.1 Å². The van der Waals surface area contributed by atoms with Crippen molar-refractivity contribution in [3.05, 3.63) is 51.7 Å². The highest BCUT2D eigenvalue weighted by molar-refractivity contribution is 5.67. The van der Waals surface area contributed by atoms with Crippen molar-refractivity contribution < 1.29 is 9.45 Å². The number of nitro benzene ring substituents is 1. The predicted octanol–water partition coefficient (Wildman–Crippen LogP) is 2.88. The van der Waals surface area contributed by atoms with Crippen LogP contribution >= 0.6 is 0 Å². The smallest absolute Gasteiger partial charge is 0.270 e. The molecule has 0 amide bonds. The zero-order valence-electron chi connectivity index (χ0n) is 11.9. The number of non-ortho nitro benzene ring substituents is 1. The van der Waals surface area contributed by atoms with Gasteiger partial charge in [0.05, 0.1) is 10.5 Å². The van der Waals surface area contributed by atoms with Crippen molar-refractivity contribution in [1.29, 1.82) is 0 Å². The van der Waals surface area contributed by atoms with Crippen LogP contribution in [0.5, 0.6) is 0 Å². The molecule has 0 aliphatic heterocycles. The summed E-state index contributed by atoms with van der Waals surface area (Å²) in [5.41, 5.74) is 6.52. The Hall–Kier alpha value is -2.54. The van der Waals surface area contributed by atoms with Crippen LogP contribution in [-0.2, 0) is 5.54 Å². The SMILES string of the molecule is NC1(c2noc(/C=C/c3cccc([N+](=O)[O-])c3)n2)CCCC1. The van der Waals surface area contributed by atoms with E-state index in [1.165, 1.54) is 12.1 Å². The predicted molar refractivity (Wildman–Crippen MR) is 80.7 cm³/mol. The van der Waals surface area contributed by atoms with Gasteiger partial charge in [0.1, 0.15) is 0 Å². The van der Waals surface area contributed by atoms with Crippen molar-refractivity contribution >= 4 is 17.8 Å². The molecule has 114 valence electrons. The van der Waals surface area contributed by atoms with E-state index in [1.54, 1.807) is 24.3 Å². The molecule has 1 aromatic carbocycles. The minimum absolute atomic E-state index is 0.0419. The first-order chi connectivity index (χ1) is 10.6. The summed E-state index contributed by atoms with van der Waals surface area (Å²) < 4.78 is 5.18. The van der Waals surface area contributed by atoms with E-state index >= 15 is 0 Å². The van der Waals surface area contributed by atoms with E-state index in [1.807, 2.05) is 0 Å². The number of benzene rings is 1. The highest BCUT2D eigenvalue weighted by Crippen LogP contribution is 2.34. The third-order valence-electron chi connectivity index (χ3n) is 3.88. The molecule has 22 heavy (non-hydrogen) atoms. The molecule has 1 saturated carbocycles. The summed E-state index contributed by atoms with van der Waals surface area (Å²) in [5.74, 6) is 0.877. The summed E-state index contributed by atoms with van der Waals surface area (Å²) in [7, 11) is 0. The zero-order chi connectivity index (χ0) is 15.6. The van der Waals surface area contributed by atoms with Crippen molar-refractivity contribution in [2.24, 2.45) is 5.73 Å². The maximum absolute atomic E-state index is 10.7. The molecule has 0 atom stereocenters. The normalized spacial score (nSPS) is 17.1. The minimum atomic E-state index is -0.485. The Kier molecular flexibility index (Phi) is 3.72. The van der Waals surface area contributed by atoms with E-state index in [-0.39, 0.29) is 5.69 Å². The van der Waals surface area contributed by atoms with Gasteiger partial charge in [0.15, 0.2) is 5.82 Å². The lowest BCUT2D eigenvalue weighted by Crippen LogP contribution is -2.34. The monoisotopic (exact) mass is 300 g/mol. The van der Waals surface area contributed by atoms with E-state index < -0.39 is 10.5 Å². The fourth-order valence-corrected chi connectivity index (χ4v) is 2.64. The minimum Gasteiger partial charge on any atom is -0.335 e. The Labute approximate surface area is 127 Å². The summed E-state index contributed by atoms with van der Waals surface area (Å²) in [6.07, 6.45) is 7.20. The van der Waals surface area contributed by atoms with Crippen LogP contribution in [0.2, 0.25) is 0 Å². The fourth-order valence-electron chi connectivity index (χ4n) is 2.64. The van der Waals surface area contributed by atoms with E-state index in [4.69, 9.17) is 10.3 Å². The van der Waals surface area contributed by atoms with Crippen LogP contribution in [0, 0.1) is 10.1 Å². The van der Waals surface area contributed by atoms with E-state index in [0.717, 1.165) is 25.7 Å². The van der Waals surface area contributed by atoms with Crippen molar-refractivity contribution in [3.8, 4) is 0 Å². The van der Waals surface area contributed by atoms with Gasteiger partial charge in [-0.15, -0.1) is 0 Å². The van der Waals surface area contributed by atoms with Gasteiger partial charge in [-0.05, 0) is 24.5 Å². The van der Waals surface area contributed by atoms with Gasteiger partial charge in [-0.25, -0.2) is 0 Å². The molecule has 0 saturated heterocycles. The van der Waals surface area contributed by atoms with Gasteiger partial charge in [0.25, 0.3) is 11.6 Å². The molecule has 2 N–H and O–H groups in total. The second-order valence-corrected chi connectivity index (χ2v) is 5.50. The van der Waals surface area contributed by atoms with Gasteiger partial charge in [-0.3, -0.25) is 10.1 Å². The standard InChI is InChI=1S/C15H16N4O3/c16-15(8-1-2-9-15)14-17-13(22-18-14)7-6-11-4-3-5-12(10-11)19(20)21/h3-7,10H,1-2,8-9,16H2/b7-6+. The first-order valence-corrected chi connectivity index (χ1v) is 7.12. The van der Waals surface area contributed by atoms with E-state index in [2.05, 4.69) is 10.1 Å². The van der Waals surface area contributed by atoms with Crippen LogP contribution in [-0.4, -0.2) is 15.1 Å². The molecule has 1 aromatic heterocycles. The number of rotatable bonds is 4. The molecule has 3 rings (SSSR count). The third kappa shape index (κ3) is 2.89. The molecule has 1 heterocycles.